The van der Waals surface area contributed by atoms with Gasteiger partial charge >= 0.3 is 6.09 Å². The number of hydrogen-bond donors (Lipinski definition) is 1. The lowest BCUT2D eigenvalue weighted by Crippen LogP contribution is -2.24. The van der Waals surface area contributed by atoms with Gasteiger partial charge in [-0.2, -0.15) is 5.26 Å². The second-order valence-corrected chi connectivity index (χ2v) is 3.52. The van der Waals surface area contributed by atoms with E-state index < -0.39 is 6.09 Å². The summed E-state index contributed by atoms with van der Waals surface area (Å²) >= 11 is 1.54. The summed E-state index contributed by atoms with van der Waals surface area (Å²) in [5, 5.41) is 12.6. The molecular formula is C9H10N2O2S. The van der Waals surface area contributed by atoms with Crippen LogP contribution in [0, 0.1) is 11.3 Å². The van der Waals surface area contributed by atoms with Gasteiger partial charge in [0.05, 0.1) is 12.5 Å². The van der Waals surface area contributed by atoms with E-state index >= 15 is 0 Å². The van der Waals surface area contributed by atoms with Gasteiger partial charge in [-0.1, -0.05) is 6.07 Å². The number of nitriles is 1. The molecule has 74 valence electrons. The molecule has 1 heterocycles. The fraction of sp³-hybridized carbons (Fsp3) is 0.333. The van der Waals surface area contributed by atoms with Crippen LogP contribution in [0.1, 0.15) is 11.3 Å². The fourth-order valence-electron chi connectivity index (χ4n) is 0.803. The topological polar surface area (TPSA) is 62.1 Å². The first kappa shape index (κ1) is 10.5. The van der Waals surface area contributed by atoms with Gasteiger partial charge in [-0.15, -0.1) is 11.3 Å². The van der Waals surface area contributed by atoms with Crippen molar-refractivity contribution in [2.45, 2.75) is 13.0 Å². The smallest absolute Gasteiger partial charge is 0.407 e. The first-order valence-corrected chi connectivity index (χ1v) is 5.01. The number of rotatable bonds is 4. The van der Waals surface area contributed by atoms with Crippen LogP contribution in [0.4, 0.5) is 4.79 Å². The number of nitrogens with one attached hydrogen (secondary N) is 1. The molecule has 0 atom stereocenters. The Morgan fingerprint density at radius 1 is 1.71 bits per heavy atom. The van der Waals surface area contributed by atoms with Gasteiger partial charge in [0.15, 0.2) is 0 Å². The Balaban J connectivity index is 2.13. The number of alkyl carbamates (subject to hydrolysis) is 1. The van der Waals surface area contributed by atoms with Crippen molar-refractivity contribution in [3.8, 4) is 6.07 Å². The molecule has 0 aliphatic rings. The van der Waals surface area contributed by atoms with Crippen LogP contribution in [0.3, 0.4) is 0 Å². The molecule has 1 aromatic heterocycles. The number of thiophene rings is 1. The standard InChI is InChI=1S/C9H10N2O2S/c10-4-2-5-11-9(12)13-7-8-3-1-6-14-8/h1,3,6H,2,5,7H2,(H,11,12). The summed E-state index contributed by atoms with van der Waals surface area (Å²) in [6.07, 6.45) is -0.178. The van der Waals surface area contributed by atoms with E-state index in [1.54, 1.807) is 0 Å². The maximum Gasteiger partial charge on any atom is 0.407 e. The van der Waals surface area contributed by atoms with Crippen molar-refractivity contribution >= 4 is 17.4 Å². The van der Waals surface area contributed by atoms with Crippen molar-refractivity contribution in [3.63, 3.8) is 0 Å². The molecule has 0 unspecified atom stereocenters. The quantitative estimate of drug-likeness (QED) is 0.772. The van der Waals surface area contributed by atoms with E-state index in [1.165, 1.54) is 11.3 Å². The zero-order valence-corrected chi connectivity index (χ0v) is 8.34. The lowest BCUT2D eigenvalue weighted by Gasteiger charge is -2.03. The number of hydrogen-bond acceptors (Lipinski definition) is 4. The van der Waals surface area contributed by atoms with Crippen LogP contribution in [0.25, 0.3) is 0 Å². The SMILES string of the molecule is N#CCCNC(=O)OCc1cccs1. The van der Waals surface area contributed by atoms with Gasteiger partial charge in [0.25, 0.3) is 0 Å². The van der Waals surface area contributed by atoms with Gasteiger partial charge in [-0.3, -0.25) is 0 Å². The molecular weight excluding hydrogens is 200 g/mol. The summed E-state index contributed by atoms with van der Waals surface area (Å²) in [7, 11) is 0. The minimum absolute atomic E-state index is 0.288. The molecule has 1 N–H and O–H groups in total. The van der Waals surface area contributed by atoms with E-state index in [9.17, 15) is 4.79 Å². The Labute approximate surface area is 86.1 Å². The van der Waals surface area contributed by atoms with Crippen molar-refractivity contribution in [1.82, 2.24) is 5.32 Å². The van der Waals surface area contributed by atoms with E-state index in [0.29, 0.717) is 13.0 Å². The van der Waals surface area contributed by atoms with Gasteiger partial charge in [0.2, 0.25) is 0 Å². The second kappa shape index (κ2) is 6.00. The molecule has 0 fully saturated rings. The minimum Gasteiger partial charge on any atom is -0.444 e. The molecule has 0 aromatic carbocycles. The molecule has 0 aliphatic heterocycles. The molecule has 0 aliphatic carbocycles. The summed E-state index contributed by atoms with van der Waals surface area (Å²) in [5.74, 6) is 0. The Bertz CT molecular complexity index is 316. The highest BCUT2D eigenvalue weighted by Gasteiger charge is 2.01. The van der Waals surface area contributed by atoms with Crippen LogP contribution in [0.2, 0.25) is 0 Å². The average molecular weight is 210 g/mol. The maximum absolute atomic E-state index is 11.0. The average Bonchev–Trinajstić information content (AvgIpc) is 2.68. The fourth-order valence-corrected chi connectivity index (χ4v) is 1.42. The minimum atomic E-state index is -0.478. The molecule has 5 heteroatoms. The normalized spacial score (nSPS) is 9.07. The number of ether oxygens (including phenoxy) is 1. The zero-order chi connectivity index (χ0) is 10.2. The van der Waals surface area contributed by atoms with Gasteiger partial charge < -0.3 is 10.1 Å². The molecule has 0 bridgehead atoms. The Hall–Kier alpha value is -1.54. The molecule has 1 amide bonds. The monoisotopic (exact) mass is 210 g/mol. The molecule has 0 saturated carbocycles. The first-order chi connectivity index (χ1) is 6.83. The van der Waals surface area contributed by atoms with Crippen LogP contribution < -0.4 is 5.32 Å². The molecule has 0 saturated heterocycles. The summed E-state index contributed by atoms with van der Waals surface area (Å²) in [6, 6.07) is 5.72. The summed E-state index contributed by atoms with van der Waals surface area (Å²) in [4.78, 5) is 12.0. The highest BCUT2D eigenvalue weighted by Crippen LogP contribution is 2.09. The lowest BCUT2D eigenvalue weighted by atomic mass is 10.5. The van der Waals surface area contributed by atoms with Crippen LogP contribution in [-0.2, 0) is 11.3 Å². The molecule has 1 rings (SSSR count). The number of carbonyl (C=O) groups is 1. The Kier molecular flexibility index (Phi) is 4.51. The molecule has 14 heavy (non-hydrogen) atoms. The predicted octanol–water partition coefficient (Wildman–Crippen LogP) is 1.89. The third-order valence-corrected chi connectivity index (χ3v) is 2.28. The Morgan fingerprint density at radius 3 is 3.21 bits per heavy atom. The first-order valence-electron chi connectivity index (χ1n) is 4.13. The largest absolute Gasteiger partial charge is 0.444 e. The summed E-state index contributed by atoms with van der Waals surface area (Å²) in [5.41, 5.74) is 0. The number of nitrogens with zero attached hydrogens (tertiary/aromatic N) is 1. The van der Waals surface area contributed by atoms with Gasteiger partial charge in [-0.05, 0) is 11.4 Å². The second-order valence-electron chi connectivity index (χ2n) is 2.49. The molecule has 1 aromatic rings. The van der Waals surface area contributed by atoms with Gasteiger partial charge in [0.1, 0.15) is 6.61 Å². The third kappa shape index (κ3) is 3.92. The zero-order valence-electron chi connectivity index (χ0n) is 7.53. The van der Waals surface area contributed by atoms with Gasteiger partial charge in [0, 0.05) is 11.4 Å². The maximum atomic E-state index is 11.0. The molecule has 0 spiro atoms. The van der Waals surface area contributed by atoms with Crippen LogP contribution in [0.15, 0.2) is 17.5 Å². The third-order valence-electron chi connectivity index (χ3n) is 1.43. The van der Waals surface area contributed by atoms with Crippen molar-refractivity contribution in [2.24, 2.45) is 0 Å². The van der Waals surface area contributed by atoms with Crippen molar-refractivity contribution in [3.05, 3.63) is 22.4 Å². The van der Waals surface area contributed by atoms with Gasteiger partial charge in [-0.25, -0.2) is 4.79 Å². The molecule has 0 radical (unpaired) electrons. The van der Waals surface area contributed by atoms with Crippen LogP contribution >= 0.6 is 11.3 Å². The number of amides is 1. The predicted molar refractivity (Wildman–Crippen MR) is 52.7 cm³/mol. The van der Waals surface area contributed by atoms with E-state index in [4.69, 9.17) is 10.00 Å². The van der Waals surface area contributed by atoms with Crippen molar-refractivity contribution in [2.75, 3.05) is 6.54 Å². The van der Waals surface area contributed by atoms with Crippen LogP contribution in [0.5, 0.6) is 0 Å². The summed E-state index contributed by atoms with van der Waals surface area (Å²) in [6.45, 7) is 0.621. The van der Waals surface area contributed by atoms with Crippen LogP contribution in [-0.4, -0.2) is 12.6 Å². The highest BCUT2D eigenvalue weighted by molar-refractivity contribution is 7.09. The molecule has 4 nitrogen and oxygen atoms in total. The van der Waals surface area contributed by atoms with E-state index in [0.717, 1.165) is 4.88 Å². The van der Waals surface area contributed by atoms with E-state index in [1.807, 2.05) is 23.6 Å². The van der Waals surface area contributed by atoms with E-state index in [-0.39, 0.29) is 6.61 Å². The lowest BCUT2D eigenvalue weighted by molar-refractivity contribution is 0.141. The van der Waals surface area contributed by atoms with E-state index in [2.05, 4.69) is 5.32 Å². The Morgan fingerprint density at radius 2 is 2.57 bits per heavy atom. The number of carbonyl (C=O) groups excluding carboxylic acids is 1. The van der Waals surface area contributed by atoms with Crippen molar-refractivity contribution < 1.29 is 9.53 Å². The summed E-state index contributed by atoms with van der Waals surface area (Å²) < 4.78 is 4.88. The highest BCUT2D eigenvalue weighted by atomic mass is 32.1. The van der Waals surface area contributed by atoms with Crippen molar-refractivity contribution in [1.29, 1.82) is 5.26 Å².